The van der Waals surface area contributed by atoms with Crippen LogP contribution in [-0.2, 0) is 0 Å². The van der Waals surface area contributed by atoms with E-state index < -0.39 is 0 Å². The van der Waals surface area contributed by atoms with Crippen molar-refractivity contribution in [2.45, 2.75) is 33.0 Å². The molecule has 2 aliphatic rings. The van der Waals surface area contributed by atoms with E-state index in [1.807, 2.05) is 0 Å². The molecule has 4 heteroatoms. The van der Waals surface area contributed by atoms with Crippen LogP contribution < -0.4 is 0 Å². The second-order valence-electron chi connectivity index (χ2n) is 3.24. The van der Waals surface area contributed by atoms with Crippen LogP contribution in [0.1, 0.15) is 6.42 Å². The Morgan fingerprint density at radius 2 is 2.33 bits per heavy atom. The van der Waals surface area contributed by atoms with Gasteiger partial charge in [0, 0.05) is 0 Å². The van der Waals surface area contributed by atoms with Crippen LogP contribution >= 0.6 is 11.8 Å². The Morgan fingerprint density at radius 1 is 1.50 bits per heavy atom. The third-order valence-corrected chi connectivity index (χ3v) is 18.2. The molecule has 12 heavy (non-hydrogen) atoms. The zero-order valence-electron chi connectivity index (χ0n) is 6.94. The second kappa shape index (κ2) is 5.71. The molecule has 2 aliphatic heterocycles. The van der Waals surface area contributed by atoms with Crippen molar-refractivity contribution in [3.8, 4) is 0 Å². The first kappa shape index (κ1) is 11.2. The number of hydrogen-bond donors (Lipinski definition) is 0. The molecule has 3 unspecified atom stereocenters. The van der Waals surface area contributed by atoms with Crippen molar-refractivity contribution in [2.24, 2.45) is 0 Å². The van der Waals surface area contributed by atoms with Gasteiger partial charge in [0.15, 0.2) is 0 Å². The van der Waals surface area contributed by atoms with Crippen molar-refractivity contribution in [3.05, 3.63) is 0 Å². The molecule has 0 saturated carbocycles. The van der Waals surface area contributed by atoms with E-state index in [4.69, 9.17) is 0 Å². The maximum atomic E-state index is 2.19. The fourth-order valence-corrected chi connectivity index (χ4v) is 18.7. The fourth-order valence-electron chi connectivity index (χ4n) is 1.35. The SMILES string of the molecule is [TeH]C(CC1CS1)C1C[Te]CC[Te]1. The monoisotopic (exact) mass is 532 g/mol. The third kappa shape index (κ3) is 3.70. The summed E-state index contributed by atoms with van der Waals surface area (Å²) in [6, 6.07) is 0. The molecular formula is C8H14STe3. The summed E-state index contributed by atoms with van der Waals surface area (Å²) in [6.07, 6.45) is 1.58. The fraction of sp³-hybridized carbons (Fsp3) is 1.00. The minimum atomic E-state index is 0.471. The van der Waals surface area contributed by atoms with Crippen LogP contribution in [0.4, 0.5) is 0 Å². The van der Waals surface area contributed by atoms with Gasteiger partial charge in [0.05, 0.1) is 0 Å². The van der Waals surface area contributed by atoms with Crippen molar-refractivity contribution < 1.29 is 0 Å². The number of thioether (sulfide) groups is 1. The van der Waals surface area contributed by atoms with Gasteiger partial charge in [0.1, 0.15) is 0 Å². The maximum absolute atomic E-state index is 2.19. The Kier molecular flexibility index (Phi) is 5.33. The van der Waals surface area contributed by atoms with Gasteiger partial charge < -0.3 is 0 Å². The third-order valence-electron chi connectivity index (χ3n) is 2.18. The molecule has 0 aliphatic carbocycles. The van der Waals surface area contributed by atoms with E-state index in [-0.39, 0.29) is 0 Å². The number of rotatable bonds is 3. The van der Waals surface area contributed by atoms with Gasteiger partial charge in [-0.25, -0.2) is 0 Å². The minimum absolute atomic E-state index is 0.471. The van der Waals surface area contributed by atoms with Gasteiger partial charge in [0.2, 0.25) is 0 Å². The Balaban J connectivity index is 1.72. The van der Waals surface area contributed by atoms with Crippen LogP contribution in [0.2, 0.25) is 21.3 Å². The molecule has 0 radical (unpaired) electrons. The molecule has 0 aromatic rings. The zero-order chi connectivity index (χ0) is 8.39. The molecule has 2 heterocycles. The van der Waals surface area contributed by atoms with E-state index >= 15 is 0 Å². The van der Waals surface area contributed by atoms with E-state index in [1.54, 1.807) is 19.8 Å². The summed E-state index contributed by atoms with van der Waals surface area (Å²) in [5.74, 6) is 1.49. The van der Waals surface area contributed by atoms with E-state index in [2.05, 4.69) is 34.1 Å². The second-order valence-corrected chi connectivity index (χ2v) is 13.6. The zero-order valence-corrected chi connectivity index (χ0v) is 15.0. The Labute approximate surface area is 113 Å². The van der Waals surface area contributed by atoms with Crippen LogP contribution in [0.25, 0.3) is 0 Å². The molecule has 0 nitrogen and oxygen atoms in total. The summed E-state index contributed by atoms with van der Waals surface area (Å²) >= 11 is 5.34. The summed E-state index contributed by atoms with van der Waals surface area (Å²) in [6.45, 7) is 0. The van der Waals surface area contributed by atoms with Gasteiger partial charge in [-0.2, -0.15) is 0 Å². The quantitative estimate of drug-likeness (QED) is 0.400. The molecule has 0 amide bonds. The average Bonchev–Trinajstić information content (AvgIpc) is 2.90. The van der Waals surface area contributed by atoms with Gasteiger partial charge in [-0.05, 0) is 0 Å². The van der Waals surface area contributed by atoms with Crippen molar-refractivity contribution in [2.75, 3.05) is 5.75 Å². The topological polar surface area (TPSA) is 0 Å². The molecular weight excluding hydrogens is 511 g/mol. The molecule has 2 rings (SSSR count). The molecule has 2 fully saturated rings. The van der Waals surface area contributed by atoms with E-state index in [1.165, 1.54) is 9.72 Å². The summed E-state index contributed by atoms with van der Waals surface area (Å²) < 4.78 is 7.58. The van der Waals surface area contributed by atoms with Crippen LogP contribution in [-0.4, -0.2) is 75.1 Å². The summed E-state index contributed by atoms with van der Waals surface area (Å²) in [4.78, 5) is 0. The van der Waals surface area contributed by atoms with E-state index in [0.717, 1.165) is 9.22 Å². The van der Waals surface area contributed by atoms with Crippen molar-refractivity contribution in [1.82, 2.24) is 0 Å². The average molecular weight is 525 g/mol. The molecule has 0 aromatic carbocycles. The van der Waals surface area contributed by atoms with Gasteiger partial charge >= 0.3 is 115 Å². The van der Waals surface area contributed by atoms with E-state index in [0.29, 0.717) is 41.8 Å². The predicted octanol–water partition coefficient (Wildman–Crippen LogP) is 1.65. The molecule has 2 saturated heterocycles. The first-order valence-electron chi connectivity index (χ1n) is 4.35. The van der Waals surface area contributed by atoms with Gasteiger partial charge in [-0.1, -0.05) is 0 Å². The molecule has 0 spiro atoms. The van der Waals surface area contributed by atoms with Crippen molar-refractivity contribution in [1.29, 1.82) is 0 Å². The summed E-state index contributed by atoms with van der Waals surface area (Å²) in [5.41, 5.74) is 0. The van der Waals surface area contributed by atoms with Gasteiger partial charge in [0.25, 0.3) is 0 Å². The van der Waals surface area contributed by atoms with Crippen molar-refractivity contribution in [3.63, 3.8) is 0 Å². The Bertz CT molecular complexity index is 143. The first-order chi connectivity index (χ1) is 5.86. The van der Waals surface area contributed by atoms with Crippen LogP contribution in [0, 0.1) is 0 Å². The summed E-state index contributed by atoms with van der Waals surface area (Å²) in [7, 11) is 0. The number of hydrogen-bond acceptors (Lipinski definition) is 1. The first-order valence-corrected chi connectivity index (χ1v) is 13.2. The molecule has 3 atom stereocenters. The Morgan fingerprint density at radius 3 is 2.92 bits per heavy atom. The standard InChI is InChI=1S/C8H14STe3/c10-7(3-6-4-9-6)8-5-11-1-2-12-8/h6-8,10H,1-5H2. The Hall–Kier alpha value is 2.72. The van der Waals surface area contributed by atoms with E-state index in [9.17, 15) is 0 Å². The molecule has 0 N–H and O–H groups in total. The normalized spacial score (nSPS) is 37.8. The molecule has 0 aromatic heterocycles. The summed E-state index contributed by atoms with van der Waals surface area (Å²) in [5, 5.41) is 1.11. The van der Waals surface area contributed by atoms with Crippen molar-refractivity contribution >= 4 is 75.9 Å². The van der Waals surface area contributed by atoms with Crippen LogP contribution in [0.5, 0.6) is 0 Å². The van der Waals surface area contributed by atoms with Gasteiger partial charge in [-0.3, -0.25) is 0 Å². The predicted molar refractivity (Wildman–Crippen MR) is 61.4 cm³/mol. The molecule has 70 valence electrons. The molecule has 0 bridgehead atoms. The van der Waals surface area contributed by atoms with Gasteiger partial charge in [-0.15, -0.1) is 0 Å². The van der Waals surface area contributed by atoms with Crippen LogP contribution in [0.15, 0.2) is 0 Å². The van der Waals surface area contributed by atoms with Crippen LogP contribution in [0.3, 0.4) is 0 Å².